The van der Waals surface area contributed by atoms with Gasteiger partial charge in [-0.1, -0.05) is 0 Å². The molecule has 1 fully saturated rings. The first-order valence-corrected chi connectivity index (χ1v) is 6.25. The fraction of sp³-hybridized carbons (Fsp3) is 0.385. The van der Waals surface area contributed by atoms with Gasteiger partial charge in [-0.25, -0.2) is 4.39 Å². The molecule has 0 spiro atoms. The van der Waals surface area contributed by atoms with Gasteiger partial charge in [-0.3, -0.25) is 14.5 Å². The number of aliphatic carboxylic acids is 1. The maximum absolute atomic E-state index is 13.8. The highest BCUT2D eigenvalue weighted by atomic mass is 19.1. The third kappa shape index (κ3) is 3.12. The Bertz CT molecular complexity index is 536. The van der Waals surface area contributed by atoms with Crippen LogP contribution < -0.4 is 11.1 Å². The minimum atomic E-state index is -0.955. The second kappa shape index (κ2) is 5.98. The van der Waals surface area contributed by atoms with E-state index in [1.165, 1.54) is 18.2 Å². The quantitative estimate of drug-likeness (QED) is 0.709. The lowest BCUT2D eigenvalue weighted by atomic mass is 10.1. The summed E-state index contributed by atoms with van der Waals surface area (Å²) in [5.41, 5.74) is 5.65. The maximum atomic E-state index is 13.8. The molecule has 1 heterocycles. The number of nitrogens with two attached hydrogens (primary N) is 1. The van der Waals surface area contributed by atoms with E-state index in [1.54, 1.807) is 4.90 Å². The van der Waals surface area contributed by atoms with Crippen LogP contribution in [0.4, 0.5) is 4.39 Å². The molecule has 6 nitrogen and oxygen atoms in total. The zero-order chi connectivity index (χ0) is 14.7. The molecule has 4 N–H and O–H groups in total. The SMILES string of the molecule is NC(=O)c1ccc(F)c(CN2CCNCC2C(=O)O)c1. The molecule has 0 bridgehead atoms. The third-order valence-electron chi connectivity index (χ3n) is 3.34. The second-order valence-corrected chi connectivity index (χ2v) is 4.70. The fourth-order valence-corrected chi connectivity index (χ4v) is 2.25. The van der Waals surface area contributed by atoms with Gasteiger partial charge in [-0.2, -0.15) is 0 Å². The largest absolute Gasteiger partial charge is 0.480 e. The van der Waals surface area contributed by atoms with Crippen molar-refractivity contribution >= 4 is 11.9 Å². The van der Waals surface area contributed by atoms with Crippen LogP contribution >= 0.6 is 0 Å². The molecule has 1 aliphatic heterocycles. The average molecular weight is 281 g/mol. The number of hydrogen-bond donors (Lipinski definition) is 3. The van der Waals surface area contributed by atoms with Crippen LogP contribution in [0, 0.1) is 5.82 Å². The number of carboxylic acids is 1. The first-order valence-electron chi connectivity index (χ1n) is 6.25. The molecule has 1 saturated heterocycles. The van der Waals surface area contributed by atoms with Crippen molar-refractivity contribution in [2.75, 3.05) is 19.6 Å². The van der Waals surface area contributed by atoms with Gasteiger partial charge in [-0.15, -0.1) is 0 Å². The third-order valence-corrected chi connectivity index (χ3v) is 3.34. The van der Waals surface area contributed by atoms with Gasteiger partial charge in [-0.05, 0) is 18.2 Å². The molecule has 1 aromatic rings. The number of carbonyl (C=O) groups is 2. The van der Waals surface area contributed by atoms with Gasteiger partial charge in [0, 0.05) is 37.3 Å². The van der Waals surface area contributed by atoms with Crippen molar-refractivity contribution in [1.82, 2.24) is 10.2 Å². The number of nitrogens with zero attached hydrogens (tertiary/aromatic N) is 1. The lowest BCUT2D eigenvalue weighted by Gasteiger charge is -2.33. The Morgan fingerprint density at radius 2 is 2.25 bits per heavy atom. The van der Waals surface area contributed by atoms with Crippen LogP contribution in [0.25, 0.3) is 0 Å². The molecule has 0 aliphatic carbocycles. The molecule has 0 radical (unpaired) electrons. The van der Waals surface area contributed by atoms with Crippen molar-refractivity contribution < 1.29 is 19.1 Å². The van der Waals surface area contributed by atoms with Gasteiger partial charge in [0.25, 0.3) is 0 Å². The summed E-state index contributed by atoms with van der Waals surface area (Å²) < 4.78 is 13.8. The number of nitrogens with one attached hydrogen (secondary N) is 1. The van der Waals surface area contributed by atoms with E-state index < -0.39 is 23.7 Å². The van der Waals surface area contributed by atoms with Crippen molar-refractivity contribution in [1.29, 1.82) is 0 Å². The van der Waals surface area contributed by atoms with Crippen molar-refractivity contribution in [3.63, 3.8) is 0 Å². The van der Waals surface area contributed by atoms with Crippen LogP contribution in [0.2, 0.25) is 0 Å². The molecule has 7 heteroatoms. The molecule has 1 amide bonds. The normalized spacial score (nSPS) is 19.8. The molecule has 1 aliphatic rings. The van der Waals surface area contributed by atoms with Gasteiger partial charge in [0.05, 0.1) is 0 Å². The van der Waals surface area contributed by atoms with E-state index >= 15 is 0 Å². The molecule has 1 aromatic carbocycles. The zero-order valence-electron chi connectivity index (χ0n) is 10.8. The Balaban J connectivity index is 2.21. The number of piperazine rings is 1. The van der Waals surface area contributed by atoms with Crippen LogP contribution in [-0.4, -0.2) is 47.6 Å². The maximum Gasteiger partial charge on any atom is 0.322 e. The van der Waals surface area contributed by atoms with Crippen molar-refractivity contribution in [2.24, 2.45) is 5.73 Å². The van der Waals surface area contributed by atoms with Crippen LogP contribution in [0.3, 0.4) is 0 Å². The van der Waals surface area contributed by atoms with Gasteiger partial charge in [0.15, 0.2) is 0 Å². The summed E-state index contributed by atoms with van der Waals surface area (Å²) in [6, 6.07) is 3.15. The van der Waals surface area contributed by atoms with E-state index in [-0.39, 0.29) is 17.7 Å². The summed E-state index contributed by atoms with van der Waals surface area (Å²) in [6.07, 6.45) is 0. The van der Waals surface area contributed by atoms with E-state index in [2.05, 4.69) is 5.32 Å². The monoisotopic (exact) mass is 281 g/mol. The molecule has 0 aromatic heterocycles. The molecular weight excluding hydrogens is 265 g/mol. The Labute approximate surface area is 115 Å². The van der Waals surface area contributed by atoms with E-state index in [4.69, 9.17) is 10.8 Å². The Hall–Kier alpha value is -1.99. The van der Waals surface area contributed by atoms with Gasteiger partial charge in [0.1, 0.15) is 11.9 Å². The van der Waals surface area contributed by atoms with Crippen molar-refractivity contribution in [2.45, 2.75) is 12.6 Å². The lowest BCUT2D eigenvalue weighted by molar-refractivity contribution is -0.144. The number of carbonyl (C=O) groups excluding carboxylic acids is 1. The summed E-state index contributed by atoms with van der Waals surface area (Å²) in [4.78, 5) is 23.9. The molecule has 1 unspecified atom stereocenters. The zero-order valence-corrected chi connectivity index (χ0v) is 10.8. The molecular formula is C13H16FN3O3. The van der Waals surface area contributed by atoms with E-state index in [0.29, 0.717) is 19.6 Å². The number of benzene rings is 1. The molecule has 0 saturated carbocycles. The Morgan fingerprint density at radius 1 is 1.50 bits per heavy atom. The van der Waals surface area contributed by atoms with E-state index in [9.17, 15) is 14.0 Å². The van der Waals surface area contributed by atoms with Gasteiger partial charge < -0.3 is 16.2 Å². The van der Waals surface area contributed by atoms with E-state index in [1.807, 2.05) is 0 Å². The number of rotatable bonds is 4. The highest BCUT2D eigenvalue weighted by molar-refractivity contribution is 5.92. The summed E-state index contributed by atoms with van der Waals surface area (Å²) in [7, 11) is 0. The van der Waals surface area contributed by atoms with Crippen LogP contribution in [0.1, 0.15) is 15.9 Å². The molecule has 2 rings (SSSR count). The molecule has 20 heavy (non-hydrogen) atoms. The summed E-state index contributed by atoms with van der Waals surface area (Å²) in [5, 5.41) is 12.1. The first kappa shape index (κ1) is 14.4. The topological polar surface area (TPSA) is 95.7 Å². The first-order chi connectivity index (χ1) is 9.49. The number of amides is 1. The number of halogens is 1. The van der Waals surface area contributed by atoms with Crippen LogP contribution in [-0.2, 0) is 11.3 Å². The Kier molecular flexibility index (Phi) is 4.31. The van der Waals surface area contributed by atoms with Crippen molar-refractivity contribution in [3.8, 4) is 0 Å². The van der Waals surface area contributed by atoms with Gasteiger partial charge >= 0.3 is 5.97 Å². The summed E-state index contributed by atoms with van der Waals surface area (Å²) in [5.74, 6) is -2.07. The Morgan fingerprint density at radius 3 is 2.90 bits per heavy atom. The lowest BCUT2D eigenvalue weighted by Crippen LogP contribution is -2.54. The predicted molar refractivity (Wildman–Crippen MR) is 69.6 cm³/mol. The van der Waals surface area contributed by atoms with Crippen LogP contribution in [0.15, 0.2) is 18.2 Å². The van der Waals surface area contributed by atoms with Crippen molar-refractivity contribution in [3.05, 3.63) is 35.1 Å². The predicted octanol–water partition coefficient (Wildman–Crippen LogP) is -0.217. The minimum absolute atomic E-state index is 0.131. The van der Waals surface area contributed by atoms with Gasteiger partial charge in [0.2, 0.25) is 5.91 Å². The standard InChI is InChI=1S/C13H16FN3O3/c14-10-2-1-8(12(15)18)5-9(10)7-17-4-3-16-6-11(17)13(19)20/h1-2,5,11,16H,3-4,6-7H2,(H2,15,18)(H,19,20). The highest BCUT2D eigenvalue weighted by Gasteiger charge is 2.28. The summed E-state index contributed by atoms with van der Waals surface area (Å²) in [6.45, 7) is 1.58. The van der Waals surface area contributed by atoms with Crippen LogP contribution in [0.5, 0.6) is 0 Å². The molecule has 1 atom stereocenters. The number of carboxylic acid groups (broad SMARTS) is 1. The number of primary amides is 1. The van der Waals surface area contributed by atoms with E-state index in [0.717, 1.165) is 0 Å². The molecule has 108 valence electrons. The smallest absolute Gasteiger partial charge is 0.322 e. The minimum Gasteiger partial charge on any atom is -0.480 e. The summed E-state index contributed by atoms with van der Waals surface area (Å²) >= 11 is 0. The fourth-order valence-electron chi connectivity index (χ4n) is 2.25. The second-order valence-electron chi connectivity index (χ2n) is 4.70. The average Bonchev–Trinajstić information content (AvgIpc) is 2.41. The number of hydrogen-bond acceptors (Lipinski definition) is 4. The highest BCUT2D eigenvalue weighted by Crippen LogP contribution is 2.16.